The van der Waals surface area contributed by atoms with Crippen LogP contribution >= 0.6 is 0 Å². The van der Waals surface area contributed by atoms with Crippen LogP contribution in [0.3, 0.4) is 0 Å². The minimum atomic E-state index is -4.20. The largest absolute Gasteiger partial charge is 0.493 e. The van der Waals surface area contributed by atoms with Crippen LogP contribution in [0.4, 0.5) is 5.69 Å². The van der Waals surface area contributed by atoms with E-state index in [2.05, 4.69) is 5.32 Å². The highest BCUT2D eigenvalue weighted by Crippen LogP contribution is 2.34. The number of hydrogen-bond acceptors (Lipinski definition) is 6. The number of anilines is 1. The number of aryl methyl sites for hydroxylation is 2. The van der Waals surface area contributed by atoms with E-state index in [1.165, 1.54) is 37.3 Å². The molecule has 9 nitrogen and oxygen atoms in total. The number of hydrogen-bond donors (Lipinski definition) is 1. The summed E-state index contributed by atoms with van der Waals surface area (Å²) in [5.41, 5.74) is 2.99. The lowest BCUT2D eigenvalue weighted by molar-refractivity contribution is -0.139. The van der Waals surface area contributed by atoms with Crippen molar-refractivity contribution in [2.24, 2.45) is 0 Å². The van der Waals surface area contributed by atoms with Crippen molar-refractivity contribution in [3.63, 3.8) is 0 Å². The van der Waals surface area contributed by atoms with Crippen molar-refractivity contribution >= 4 is 27.5 Å². The highest BCUT2D eigenvalue weighted by Gasteiger charge is 2.33. The van der Waals surface area contributed by atoms with Crippen LogP contribution in [0.2, 0.25) is 0 Å². The molecule has 230 valence electrons. The Morgan fingerprint density at radius 3 is 2.21 bits per heavy atom. The van der Waals surface area contributed by atoms with Crippen LogP contribution in [0, 0.1) is 13.8 Å². The molecule has 0 spiro atoms. The van der Waals surface area contributed by atoms with Crippen LogP contribution in [0.15, 0.2) is 71.6 Å². The number of carbonyl (C=O) groups excluding carboxylic acids is 2. The van der Waals surface area contributed by atoms with Gasteiger partial charge >= 0.3 is 0 Å². The van der Waals surface area contributed by atoms with Gasteiger partial charge in [0.15, 0.2) is 11.5 Å². The number of carbonyl (C=O) groups is 2. The monoisotopic (exact) mass is 607 g/mol. The molecule has 1 fully saturated rings. The molecule has 0 bridgehead atoms. The molecule has 1 aliphatic carbocycles. The summed E-state index contributed by atoms with van der Waals surface area (Å²) >= 11 is 0. The first kappa shape index (κ1) is 31.9. The molecule has 0 aliphatic heterocycles. The first-order chi connectivity index (χ1) is 20.5. The minimum absolute atomic E-state index is 0.0398. The van der Waals surface area contributed by atoms with Crippen LogP contribution in [0.25, 0.3) is 0 Å². The third kappa shape index (κ3) is 7.67. The lowest BCUT2D eigenvalue weighted by atomic mass is 10.1. The molecule has 1 N–H and O–H groups in total. The zero-order valence-corrected chi connectivity index (χ0v) is 26.3. The summed E-state index contributed by atoms with van der Waals surface area (Å²) in [6, 6.07) is 18.1. The molecule has 43 heavy (non-hydrogen) atoms. The van der Waals surface area contributed by atoms with E-state index < -0.39 is 28.5 Å². The van der Waals surface area contributed by atoms with Crippen molar-refractivity contribution < 1.29 is 27.5 Å². The van der Waals surface area contributed by atoms with E-state index in [1.54, 1.807) is 31.2 Å². The van der Waals surface area contributed by atoms with Crippen molar-refractivity contribution in [2.75, 3.05) is 25.1 Å². The molecule has 0 aromatic heterocycles. The van der Waals surface area contributed by atoms with Gasteiger partial charge in [-0.05, 0) is 63.4 Å². The predicted octanol–water partition coefficient (Wildman–Crippen LogP) is 4.99. The van der Waals surface area contributed by atoms with Gasteiger partial charge in [-0.3, -0.25) is 13.9 Å². The van der Waals surface area contributed by atoms with Crippen molar-refractivity contribution in [1.82, 2.24) is 10.2 Å². The van der Waals surface area contributed by atoms with Crippen LogP contribution in [0.5, 0.6) is 11.5 Å². The SMILES string of the molecule is COc1ccc(N(CC(=O)N(Cc2cccc(C)c2)[C@@H](C)C(=O)NC2CCCC2)S(=O)(=O)c2ccc(C)cc2)cc1OC. The maximum Gasteiger partial charge on any atom is 0.264 e. The molecule has 1 aliphatic rings. The zero-order chi connectivity index (χ0) is 31.1. The average Bonchev–Trinajstić information content (AvgIpc) is 3.51. The van der Waals surface area contributed by atoms with Crippen LogP contribution in [-0.4, -0.2) is 58.0 Å². The first-order valence-corrected chi connectivity index (χ1v) is 15.9. The first-order valence-electron chi connectivity index (χ1n) is 14.5. The number of nitrogens with one attached hydrogen (secondary N) is 1. The summed E-state index contributed by atoms with van der Waals surface area (Å²) in [6.45, 7) is 5.13. The summed E-state index contributed by atoms with van der Waals surface area (Å²) in [7, 11) is -1.25. The number of nitrogens with zero attached hydrogens (tertiary/aromatic N) is 2. The molecule has 3 aromatic rings. The average molecular weight is 608 g/mol. The van der Waals surface area contributed by atoms with Crippen molar-refractivity contribution in [3.05, 3.63) is 83.4 Å². The summed E-state index contributed by atoms with van der Waals surface area (Å²) in [4.78, 5) is 29.1. The van der Waals surface area contributed by atoms with E-state index in [4.69, 9.17) is 9.47 Å². The van der Waals surface area contributed by atoms with Crippen molar-refractivity contribution in [2.45, 2.75) is 70.0 Å². The minimum Gasteiger partial charge on any atom is -0.493 e. The standard InChI is InChI=1S/C33H41N3O6S/c1-23-13-16-29(17-14-23)43(39,40)36(28-15-18-30(41-4)31(20-28)42-5)22-32(37)35(21-26-10-8-9-24(2)19-26)25(3)33(38)34-27-11-6-7-12-27/h8-10,13-20,25,27H,6-7,11-12,21-22H2,1-5H3,(H,34,38)/t25-/m0/s1. The van der Waals surface area contributed by atoms with E-state index in [-0.39, 0.29) is 29.1 Å². The second-order valence-electron chi connectivity index (χ2n) is 11.0. The second kappa shape index (κ2) is 13.9. The van der Waals surface area contributed by atoms with E-state index >= 15 is 0 Å². The Morgan fingerprint density at radius 2 is 1.58 bits per heavy atom. The lowest BCUT2D eigenvalue weighted by Crippen LogP contribution is -2.52. The van der Waals surface area contributed by atoms with Crippen molar-refractivity contribution in [1.29, 1.82) is 0 Å². The van der Waals surface area contributed by atoms with Gasteiger partial charge in [0, 0.05) is 18.7 Å². The Morgan fingerprint density at radius 1 is 0.907 bits per heavy atom. The Bertz CT molecular complexity index is 1530. The van der Waals surface area contributed by atoms with Gasteiger partial charge in [-0.25, -0.2) is 8.42 Å². The summed E-state index contributed by atoms with van der Waals surface area (Å²) < 4.78 is 40.0. The maximum absolute atomic E-state index is 14.2. The van der Waals surface area contributed by atoms with Gasteiger partial charge in [-0.2, -0.15) is 0 Å². The highest BCUT2D eigenvalue weighted by atomic mass is 32.2. The van der Waals surface area contributed by atoms with E-state index in [0.717, 1.165) is 46.7 Å². The summed E-state index contributed by atoms with van der Waals surface area (Å²) in [6.07, 6.45) is 3.93. The van der Waals surface area contributed by atoms with Crippen LogP contribution < -0.4 is 19.1 Å². The number of rotatable bonds is 12. The number of ether oxygens (including phenoxy) is 2. The topological polar surface area (TPSA) is 105 Å². The molecule has 1 saturated carbocycles. The second-order valence-corrected chi connectivity index (χ2v) is 12.9. The van der Waals surface area contributed by atoms with Gasteiger partial charge < -0.3 is 19.7 Å². The van der Waals surface area contributed by atoms with Gasteiger partial charge in [0.2, 0.25) is 11.8 Å². The third-order valence-corrected chi connectivity index (χ3v) is 9.64. The van der Waals surface area contributed by atoms with Gasteiger partial charge in [-0.15, -0.1) is 0 Å². The van der Waals surface area contributed by atoms with E-state index in [1.807, 2.05) is 38.1 Å². The van der Waals surface area contributed by atoms with Gasteiger partial charge in [0.1, 0.15) is 12.6 Å². The third-order valence-electron chi connectivity index (χ3n) is 7.85. The predicted molar refractivity (Wildman–Crippen MR) is 167 cm³/mol. The van der Waals surface area contributed by atoms with Crippen LogP contribution in [-0.2, 0) is 26.2 Å². The molecular formula is C33H41N3O6S. The molecule has 1 atom stereocenters. The Balaban J connectivity index is 1.73. The highest BCUT2D eigenvalue weighted by molar-refractivity contribution is 7.92. The summed E-state index contributed by atoms with van der Waals surface area (Å²) in [5, 5.41) is 3.09. The smallest absolute Gasteiger partial charge is 0.264 e. The van der Waals surface area contributed by atoms with Crippen molar-refractivity contribution in [3.8, 4) is 11.5 Å². The zero-order valence-electron chi connectivity index (χ0n) is 25.5. The quantitative estimate of drug-likeness (QED) is 0.311. The van der Waals surface area contributed by atoms with E-state index in [9.17, 15) is 18.0 Å². The Hall–Kier alpha value is -4.05. The molecule has 2 amide bonds. The molecule has 0 saturated heterocycles. The number of sulfonamides is 1. The molecule has 0 unspecified atom stereocenters. The fraction of sp³-hybridized carbons (Fsp3) is 0.394. The molecule has 10 heteroatoms. The van der Waals surface area contributed by atoms with Gasteiger partial charge in [0.05, 0.1) is 24.8 Å². The van der Waals surface area contributed by atoms with Gasteiger partial charge in [0.25, 0.3) is 10.0 Å². The lowest BCUT2D eigenvalue weighted by Gasteiger charge is -2.32. The normalized spacial score (nSPS) is 14.2. The number of benzene rings is 3. The molecule has 3 aromatic carbocycles. The molecular weight excluding hydrogens is 566 g/mol. The van der Waals surface area contributed by atoms with Crippen LogP contribution in [0.1, 0.15) is 49.3 Å². The number of amides is 2. The fourth-order valence-corrected chi connectivity index (χ4v) is 6.73. The molecule has 4 rings (SSSR count). The molecule has 0 heterocycles. The van der Waals surface area contributed by atoms with E-state index in [0.29, 0.717) is 11.5 Å². The molecule has 0 radical (unpaired) electrons. The van der Waals surface area contributed by atoms with Gasteiger partial charge in [-0.1, -0.05) is 60.4 Å². The Labute approximate surface area is 254 Å². The Kier molecular flexibility index (Phi) is 10.3. The fourth-order valence-electron chi connectivity index (χ4n) is 5.33. The summed E-state index contributed by atoms with van der Waals surface area (Å²) in [5.74, 6) is -0.0333. The maximum atomic E-state index is 14.2. The number of methoxy groups -OCH3 is 2.